The monoisotopic (exact) mass is 285 g/mol. The van der Waals surface area contributed by atoms with Gasteiger partial charge in [-0.2, -0.15) is 16.4 Å². The highest BCUT2D eigenvalue weighted by Gasteiger charge is 2.29. The molecule has 0 spiro atoms. The van der Waals surface area contributed by atoms with Crippen LogP contribution < -0.4 is 4.90 Å². The molecule has 0 aromatic carbocycles. The van der Waals surface area contributed by atoms with Gasteiger partial charge < -0.3 is 4.90 Å². The number of aromatic nitrogens is 4. The predicted octanol–water partition coefficient (Wildman–Crippen LogP) is 2.77. The van der Waals surface area contributed by atoms with Crippen LogP contribution in [0.4, 0.5) is 5.82 Å². The molecule has 0 saturated carbocycles. The van der Waals surface area contributed by atoms with Crippen molar-refractivity contribution in [1.29, 1.82) is 0 Å². The molecule has 1 aliphatic heterocycles. The zero-order valence-electron chi connectivity index (χ0n) is 11.2. The second kappa shape index (κ2) is 4.56. The van der Waals surface area contributed by atoms with E-state index in [4.69, 9.17) is 0 Å². The summed E-state index contributed by atoms with van der Waals surface area (Å²) in [5.74, 6) is 1.01. The Balaban J connectivity index is 1.82. The first-order valence-electron chi connectivity index (χ1n) is 6.76. The summed E-state index contributed by atoms with van der Waals surface area (Å²) in [4.78, 5) is 11.2. The Kier molecular flexibility index (Phi) is 2.70. The highest BCUT2D eigenvalue weighted by Crippen LogP contribution is 2.38. The number of rotatable bonds is 2. The summed E-state index contributed by atoms with van der Waals surface area (Å²) in [6.07, 6.45) is 5.89. The Morgan fingerprint density at radius 3 is 3.15 bits per heavy atom. The fraction of sp³-hybridized carbons (Fsp3) is 0.357. The first-order valence-corrected chi connectivity index (χ1v) is 7.70. The summed E-state index contributed by atoms with van der Waals surface area (Å²) in [5, 5.41) is 9.73. The maximum atomic E-state index is 4.53. The lowest BCUT2D eigenvalue weighted by Gasteiger charge is -2.25. The van der Waals surface area contributed by atoms with E-state index in [0.29, 0.717) is 6.04 Å². The molecule has 3 aromatic heterocycles. The van der Waals surface area contributed by atoms with E-state index in [1.807, 2.05) is 13.2 Å². The maximum Gasteiger partial charge on any atom is 0.163 e. The lowest BCUT2D eigenvalue weighted by molar-refractivity contribution is 0.716. The van der Waals surface area contributed by atoms with Gasteiger partial charge in [-0.3, -0.25) is 4.68 Å². The van der Waals surface area contributed by atoms with Crippen LogP contribution >= 0.6 is 11.3 Å². The smallest absolute Gasteiger partial charge is 0.163 e. The van der Waals surface area contributed by atoms with Crippen molar-refractivity contribution in [2.75, 3.05) is 11.4 Å². The van der Waals surface area contributed by atoms with Crippen LogP contribution in [-0.4, -0.2) is 26.3 Å². The van der Waals surface area contributed by atoms with Crippen molar-refractivity contribution in [3.63, 3.8) is 0 Å². The molecule has 102 valence electrons. The van der Waals surface area contributed by atoms with Crippen molar-refractivity contribution in [2.45, 2.75) is 18.9 Å². The number of fused-ring (bicyclic) bond motifs is 1. The molecule has 6 heteroatoms. The van der Waals surface area contributed by atoms with Gasteiger partial charge in [-0.1, -0.05) is 0 Å². The minimum Gasteiger partial charge on any atom is -0.349 e. The van der Waals surface area contributed by atoms with E-state index in [2.05, 4.69) is 36.8 Å². The van der Waals surface area contributed by atoms with E-state index in [-0.39, 0.29) is 0 Å². The molecule has 5 nitrogen and oxygen atoms in total. The quantitative estimate of drug-likeness (QED) is 0.726. The van der Waals surface area contributed by atoms with Crippen molar-refractivity contribution in [3.8, 4) is 0 Å². The number of hydrogen-bond acceptors (Lipinski definition) is 5. The van der Waals surface area contributed by atoms with Crippen LogP contribution in [-0.2, 0) is 7.05 Å². The van der Waals surface area contributed by atoms with Crippen LogP contribution in [0.1, 0.15) is 24.4 Å². The van der Waals surface area contributed by atoms with Crippen LogP contribution in [0.25, 0.3) is 11.0 Å². The van der Waals surface area contributed by atoms with Crippen LogP contribution in [0.15, 0.2) is 29.4 Å². The third kappa shape index (κ3) is 1.71. The summed E-state index contributed by atoms with van der Waals surface area (Å²) in [6, 6.07) is 2.65. The van der Waals surface area contributed by atoms with Crippen molar-refractivity contribution < 1.29 is 0 Å². The summed E-state index contributed by atoms with van der Waals surface area (Å²) >= 11 is 1.76. The van der Waals surface area contributed by atoms with Crippen molar-refractivity contribution in [1.82, 2.24) is 19.7 Å². The van der Waals surface area contributed by atoms with Gasteiger partial charge in [-0.15, -0.1) is 0 Å². The molecule has 0 radical (unpaired) electrons. The number of thiophene rings is 1. The molecule has 1 aliphatic rings. The lowest BCUT2D eigenvalue weighted by Crippen LogP contribution is -2.23. The number of hydrogen-bond donors (Lipinski definition) is 0. The molecular weight excluding hydrogens is 270 g/mol. The Morgan fingerprint density at radius 1 is 1.35 bits per heavy atom. The van der Waals surface area contributed by atoms with E-state index < -0.39 is 0 Å². The van der Waals surface area contributed by atoms with E-state index in [0.717, 1.165) is 23.4 Å². The Labute approximate surface area is 120 Å². The summed E-state index contributed by atoms with van der Waals surface area (Å²) in [5.41, 5.74) is 2.29. The predicted molar refractivity (Wildman–Crippen MR) is 79.9 cm³/mol. The zero-order chi connectivity index (χ0) is 13.5. The van der Waals surface area contributed by atoms with Crippen LogP contribution in [0.5, 0.6) is 0 Å². The molecule has 1 fully saturated rings. The highest BCUT2D eigenvalue weighted by atomic mass is 32.1. The molecule has 0 amide bonds. The topological polar surface area (TPSA) is 46.8 Å². The van der Waals surface area contributed by atoms with E-state index in [9.17, 15) is 0 Å². The van der Waals surface area contributed by atoms with Gasteiger partial charge in [0.25, 0.3) is 0 Å². The number of aryl methyl sites for hydroxylation is 1. The van der Waals surface area contributed by atoms with Gasteiger partial charge in [0.2, 0.25) is 0 Å². The summed E-state index contributed by atoms with van der Waals surface area (Å²) in [7, 11) is 1.92. The number of anilines is 1. The zero-order valence-corrected chi connectivity index (χ0v) is 12.0. The maximum absolute atomic E-state index is 4.53. The number of nitrogens with zero attached hydrogens (tertiary/aromatic N) is 5. The standard InChI is InChI=1S/C14H15N5S/c1-18-13-11(7-17-18)14(16-9-15-13)19-5-2-3-12(19)10-4-6-20-8-10/h4,6-9,12H,2-3,5H2,1H3. The van der Waals surface area contributed by atoms with Gasteiger partial charge in [0.05, 0.1) is 17.6 Å². The van der Waals surface area contributed by atoms with Gasteiger partial charge >= 0.3 is 0 Å². The normalized spacial score (nSPS) is 19.1. The molecule has 1 saturated heterocycles. The first-order chi connectivity index (χ1) is 9.84. The lowest BCUT2D eigenvalue weighted by atomic mass is 10.1. The van der Waals surface area contributed by atoms with Crippen LogP contribution in [0.2, 0.25) is 0 Å². The molecule has 4 heterocycles. The van der Waals surface area contributed by atoms with Gasteiger partial charge in [-0.05, 0) is 35.2 Å². The van der Waals surface area contributed by atoms with E-state index in [1.165, 1.54) is 18.4 Å². The third-order valence-electron chi connectivity index (χ3n) is 3.96. The van der Waals surface area contributed by atoms with E-state index in [1.54, 1.807) is 22.3 Å². The Bertz CT molecular complexity index is 733. The van der Waals surface area contributed by atoms with Gasteiger partial charge in [0.1, 0.15) is 12.1 Å². The SMILES string of the molecule is Cn1ncc2c(N3CCCC3c3ccsc3)ncnc21. The molecule has 0 bridgehead atoms. The molecule has 20 heavy (non-hydrogen) atoms. The first kappa shape index (κ1) is 11.8. The fourth-order valence-corrected chi connectivity index (χ4v) is 3.72. The van der Waals surface area contributed by atoms with Gasteiger partial charge in [-0.25, -0.2) is 9.97 Å². The summed E-state index contributed by atoms with van der Waals surface area (Å²) < 4.78 is 1.80. The molecule has 4 rings (SSSR count). The minimum absolute atomic E-state index is 0.430. The molecule has 1 atom stereocenters. The average Bonchev–Trinajstić information content (AvgIpc) is 3.18. The van der Waals surface area contributed by atoms with Crippen LogP contribution in [0.3, 0.4) is 0 Å². The third-order valence-corrected chi connectivity index (χ3v) is 4.66. The minimum atomic E-state index is 0.430. The molecule has 1 unspecified atom stereocenters. The Hall–Kier alpha value is -1.95. The van der Waals surface area contributed by atoms with E-state index >= 15 is 0 Å². The largest absolute Gasteiger partial charge is 0.349 e. The fourth-order valence-electron chi connectivity index (χ4n) is 3.01. The van der Waals surface area contributed by atoms with Gasteiger partial charge in [0.15, 0.2) is 5.65 Å². The van der Waals surface area contributed by atoms with Crippen LogP contribution in [0, 0.1) is 0 Å². The second-order valence-corrected chi connectivity index (χ2v) is 5.89. The van der Waals surface area contributed by atoms with Crippen molar-refractivity contribution in [2.24, 2.45) is 7.05 Å². The highest BCUT2D eigenvalue weighted by molar-refractivity contribution is 7.08. The molecular formula is C14H15N5S. The molecule has 0 aliphatic carbocycles. The second-order valence-electron chi connectivity index (χ2n) is 5.11. The molecule has 3 aromatic rings. The van der Waals surface area contributed by atoms with Gasteiger partial charge in [0, 0.05) is 13.6 Å². The summed E-state index contributed by atoms with van der Waals surface area (Å²) in [6.45, 7) is 1.04. The average molecular weight is 285 g/mol. The van der Waals surface area contributed by atoms with Crippen molar-refractivity contribution in [3.05, 3.63) is 34.9 Å². The Morgan fingerprint density at radius 2 is 2.30 bits per heavy atom. The molecule has 0 N–H and O–H groups in total. The van der Waals surface area contributed by atoms with Crippen molar-refractivity contribution >= 4 is 28.2 Å².